The van der Waals surface area contributed by atoms with Gasteiger partial charge in [0.15, 0.2) is 0 Å². The van der Waals surface area contributed by atoms with E-state index in [1.54, 1.807) is 13.8 Å². The van der Waals surface area contributed by atoms with E-state index in [0.717, 1.165) is 5.06 Å². The highest BCUT2D eigenvalue weighted by Crippen LogP contribution is 2.17. The van der Waals surface area contributed by atoms with Gasteiger partial charge in [0.1, 0.15) is 0 Å². The molecule has 0 saturated heterocycles. The maximum absolute atomic E-state index is 12.3. The van der Waals surface area contributed by atoms with Gasteiger partial charge in [-0.15, -0.1) is 0 Å². The highest BCUT2D eigenvalue weighted by Gasteiger charge is 2.25. The number of carbonyl (C=O) groups excluding carboxylic acids is 2. The number of nitro benzene ring substituents is 1. The molecule has 1 unspecified atom stereocenters. The van der Waals surface area contributed by atoms with Gasteiger partial charge < -0.3 is 4.84 Å². The van der Waals surface area contributed by atoms with E-state index >= 15 is 0 Å². The fourth-order valence-corrected chi connectivity index (χ4v) is 1.49. The Morgan fingerprint density at radius 1 is 1.29 bits per heavy atom. The molecule has 0 aliphatic heterocycles. The second-order valence-corrected chi connectivity index (χ2v) is 4.54. The number of benzene rings is 1. The van der Waals surface area contributed by atoms with Gasteiger partial charge >= 0.3 is 5.97 Å². The Morgan fingerprint density at radius 2 is 1.81 bits per heavy atom. The summed E-state index contributed by atoms with van der Waals surface area (Å²) in [6.45, 7) is 8.26. The normalized spacial score (nSPS) is 11.4. The molecule has 0 saturated carbocycles. The minimum absolute atomic E-state index is 0.126. The quantitative estimate of drug-likeness (QED) is 0.483. The summed E-state index contributed by atoms with van der Waals surface area (Å²) in [5.41, 5.74) is 0.681. The van der Waals surface area contributed by atoms with E-state index in [9.17, 15) is 19.7 Å². The van der Waals surface area contributed by atoms with Crippen LogP contribution in [0.3, 0.4) is 0 Å². The van der Waals surface area contributed by atoms with Gasteiger partial charge in [-0.2, -0.15) is 5.06 Å². The van der Waals surface area contributed by atoms with Crippen LogP contribution in [-0.2, 0) is 9.63 Å². The number of nitro groups is 1. The van der Waals surface area contributed by atoms with E-state index in [1.807, 2.05) is 0 Å². The van der Waals surface area contributed by atoms with Gasteiger partial charge in [0.25, 0.3) is 11.6 Å². The summed E-state index contributed by atoms with van der Waals surface area (Å²) in [5.74, 6) is -1.21. The van der Waals surface area contributed by atoms with Crippen molar-refractivity contribution < 1.29 is 19.3 Å². The van der Waals surface area contributed by atoms with Crippen molar-refractivity contribution in [2.24, 2.45) is 0 Å². The third-order valence-corrected chi connectivity index (χ3v) is 2.82. The van der Waals surface area contributed by atoms with Crippen LogP contribution in [0.4, 0.5) is 5.69 Å². The number of rotatable bonds is 4. The molecular weight excluding hydrogens is 276 g/mol. The van der Waals surface area contributed by atoms with Gasteiger partial charge in [-0.1, -0.05) is 12.2 Å². The van der Waals surface area contributed by atoms with Gasteiger partial charge in [-0.25, -0.2) is 0 Å². The van der Waals surface area contributed by atoms with E-state index in [4.69, 9.17) is 4.84 Å². The van der Waals surface area contributed by atoms with Gasteiger partial charge in [-0.05, 0) is 26.0 Å². The predicted molar refractivity (Wildman–Crippen MR) is 75.3 cm³/mol. The zero-order valence-electron chi connectivity index (χ0n) is 12.0. The zero-order chi connectivity index (χ0) is 16.2. The lowest BCUT2D eigenvalue weighted by atomic mass is 10.1. The fraction of sp³-hybridized carbons (Fsp3) is 0.286. The number of nitrogens with zero attached hydrogens (tertiary/aromatic N) is 2. The molecule has 1 atom stereocenters. The summed E-state index contributed by atoms with van der Waals surface area (Å²) < 4.78 is 0. The van der Waals surface area contributed by atoms with Crippen LogP contribution in [-0.4, -0.2) is 27.9 Å². The molecule has 21 heavy (non-hydrogen) atoms. The van der Waals surface area contributed by atoms with Gasteiger partial charge in [0.05, 0.1) is 11.0 Å². The molecule has 0 fully saturated rings. The molecule has 112 valence electrons. The first kappa shape index (κ1) is 16.4. The van der Waals surface area contributed by atoms with E-state index in [1.165, 1.54) is 31.2 Å². The van der Waals surface area contributed by atoms with Crippen molar-refractivity contribution >= 4 is 17.6 Å². The van der Waals surface area contributed by atoms with E-state index in [2.05, 4.69) is 6.58 Å². The molecule has 0 N–H and O–H groups in total. The lowest BCUT2D eigenvalue weighted by Crippen LogP contribution is -2.40. The Kier molecular flexibility index (Phi) is 5.18. The van der Waals surface area contributed by atoms with Crippen LogP contribution < -0.4 is 0 Å². The van der Waals surface area contributed by atoms with Crippen LogP contribution in [0.5, 0.6) is 0 Å². The molecule has 1 aromatic carbocycles. The third-order valence-electron chi connectivity index (χ3n) is 2.82. The Hall–Kier alpha value is -2.70. The van der Waals surface area contributed by atoms with Crippen LogP contribution in [0, 0.1) is 10.1 Å². The van der Waals surface area contributed by atoms with Crippen LogP contribution >= 0.6 is 0 Å². The smallest absolute Gasteiger partial charge is 0.329 e. The molecule has 7 heteroatoms. The Balaban J connectivity index is 3.06. The molecule has 7 nitrogen and oxygen atoms in total. The van der Waals surface area contributed by atoms with E-state index in [-0.39, 0.29) is 11.3 Å². The van der Waals surface area contributed by atoms with E-state index < -0.39 is 22.8 Å². The van der Waals surface area contributed by atoms with Crippen LogP contribution in [0.2, 0.25) is 0 Å². The summed E-state index contributed by atoms with van der Waals surface area (Å²) in [6.07, 6.45) is 0. The minimum atomic E-state index is -0.640. The molecule has 1 amide bonds. The van der Waals surface area contributed by atoms with Crippen molar-refractivity contribution in [2.75, 3.05) is 0 Å². The Labute approximate surface area is 121 Å². The molecule has 0 aliphatic carbocycles. The highest BCUT2D eigenvalue weighted by atomic mass is 16.7. The van der Waals surface area contributed by atoms with Crippen LogP contribution in [0.25, 0.3) is 0 Å². The Bertz CT molecular complexity index is 580. The van der Waals surface area contributed by atoms with Gasteiger partial charge in [0.2, 0.25) is 0 Å². The monoisotopic (exact) mass is 292 g/mol. The molecule has 0 spiro atoms. The van der Waals surface area contributed by atoms with Crippen LogP contribution in [0.15, 0.2) is 36.4 Å². The lowest BCUT2D eigenvalue weighted by molar-refractivity contribution is -0.384. The summed E-state index contributed by atoms with van der Waals surface area (Å²) in [5, 5.41) is 11.5. The average molecular weight is 292 g/mol. The number of hydrogen-bond acceptors (Lipinski definition) is 5. The van der Waals surface area contributed by atoms with Gasteiger partial charge in [0, 0.05) is 24.6 Å². The standard InChI is InChI=1S/C14H16N2O5/c1-9(2)10(3)15(21-11(4)17)14(18)12-5-7-13(8-6-12)16(19)20/h5-8,10H,1H2,2-4H3. The average Bonchev–Trinajstić information content (AvgIpc) is 2.43. The number of carbonyl (C=O) groups is 2. The molecule has 0 bridgehead atoms. The van der Waals surface area contributed by atoms with Crippen molar-refractivity contribution in [3.8, 4) is 0 Å². The zero-order valence-corrected chi connectivity index (χ0v) is 12.0. The molecular formula is C14H16N2O5. The second-order valence-electron chi connectivity index (χ2n) is 4.54. The fourth-order valence-electron chi connectivity index (χ4n) is 1.49. The lowest BCUT2D eigenvalue weighted by Gasteiger charge is -2.27. The molecule has 0 aromatic heterocycles. The van der Waals surface area contributed by atoms with Gasteiger partial charge in [-0.3, -0.25) is 19.7 Å². The SMILES string of the molecule is C=C(C)C(C)N(OC(C)=O)C(=O)c1ccc([N+](=O)[O-])cc1. The van der Waals surface area contributed by atoms with Crippen LogP contribution in [0.1, 0.15) is 31.1 Å². The predicted octanol–water partition coefficient (Wildman–Crippen LogP) is 2.48. The second kappa shape index (κ2) is 6.65. The minimum Gasteiger partial charge on any atom is -0.338 e. The largest absolute Gasteiger partial charge is 0.338 e. The number of hydroxylamine groups is 2. The van der Waals surface area contributed by atoms with Crippen molar-refractivity contribution in [1.82, 2.24) is 5.06 Å². The third kappa shape index (κ3) is 4.13. The maximum atomic E-state index is 12.3. The molecule has 1 rings (SSSR count). The summed E-state index contributed by atoms with van der Waals surface area (Å²) in [6, 6.07) is 4.52. The molecule has 1 aromatic rings. The summed E-state index contributed by atoms with van der Waals surface area (Å²) in [7, 11) is 0. The number of amides is 1. The number of hydrogen-bond donors (Lipinski definition) is 0. The molecule has 0 aliphatic rings. The first-order chi connectivity index (χ1) is 9.73. The topological polar surface area (TPSA) is 89.8 Å². The molecule has 0 radical (unpaired) electrons. The number of non-ortho nitro benzene ring substituents is 1. The summed E-state index contributed by atoms with van der Waals surface area (Å²) in [4.78, 5) is 38.4. The van der Waals surface area contributed by atoms with Crippen molar-refractivity contribution in [3.63, 3.8) is 0 Å². The van der Waals surface area contributed by atoms with E-state index in [0.29, 0.717) is 5.57 Å². The Morgan fingerprint density at radius 3 is 2.19 bits per heavy atom. The van der Waals surface area contributed by atoms with Crippen molar-refractivity contribution in [2.45, 2.75) is 26.8 Å². The molecule has 0 heterocycles. The van der Waals surface area contributed by atoms with Crippen molar-refractivity contribution in [1.29, 1.82) is 0 Å². The highest BCUT2D eigenvalue weighted by molar-refractivity contribution is 5.94. The van der Waals surface area contributed by atoms with Crippen molar-refractivity contribution in [3.05, 3.63) is 52.1 Å². The maximum Gasteiger partial charge on any atom is 0.329 e. The first-order valence-electron chi connectivity index (χ1n) is 6.16. The first-order valence-corrected chi connectivity index (χ1v) is 6.16. The summed E-state index contributed by atoms with van der Waals surface area (Å²) >= 11 is 0.